The number of rotatable bonds is 9. The van der Waals surface area contributed by atoms with Crippen LogP contribution in [0.2, 0.25) is 0 Å². The Labute approximate surface area is 172 Å². The van der Waals surface area contributed by atoms with Gasteiger partial charge in [-0.05, 0) is 32.8 Å². The minimum absolute atomic E-state index is 0.0206. The highest BCUT2D eigenvalue weighted by molar-refractivity contribution is 7.99. The SMILES string of the molecule is CCCCc1noc([C@@H](C)Sc2nc3sc(C)c(C)c3c(=O)n2CCOC)n1. The largest absolute Gasteiger partial charge is 0.383 e. The van der Waals surface area contributed by atoms with Gasteiger partial charge in [0, 0.05) is 18.4 Å². The number of fused-ring (bicyclic) bond motifs is 1. The molecule has 0 fully saturated rings. The Hall–Kier alpha value is -1.71. The molecular weight excluding hydrogens is 396 g/mol. The summed E-state index contributed by atoms with van der Waals surface area (Å²) in [5.74, 6) is 1.29. The molecule has 0 radical (unpaired) electrons. The monoisotopic (exact) mass is 422 g/mol. The summed E-state index contributed by atoms with van der Waals surface area (Å²) < 4.78 is 12.3. The molecule has 9 heteroatoms. The van der Waals surface area contributed by atoms with Gasteiger partial charge in [0.05, 0.1) is 23.8 Å². The topological polar surface area (TPSA) is 83.0 Å². The molecule has 7 nitrogen and oxygen atoms in total. The maximum Gasteiger partial charge on any atom is 0.263 e. The minimum atomic E-state index is -0.108. The predicted molar refractivity (Wildman–Crippen MR) is 112 cm³/mol. The summed E-state index contributed by atoms with van der Waals surface area (Å²) >= 11 is 3.02. The molecule has 0 aliphatic rings. The van der Waals surface area contributed by atoms with Crippen molar-refractivity contribution in [1.82, 2.24) is 19.7 Å². The van der Waals surface area contributed by atoms with Gasteiger partial charge in [0.15, 0.2) is 11.0 Å². The number of thiophene rings is 1. The predicted octanol–water partition coefficient (Wildman–Crippen LogP) is 4.30. The second-order valence-corrected chi connectivity index (χ2v) is 9.23. The number of ether oxygens (including phenoxy) is 1. The third-order valence-corrected chi connectivity index (χ3v) is 6.82. The molecule has 0 saturated heterocycles. The molecule has 3 aromatic rings. The van der Waals surface area contributed by atoms with Crippen LogP contribution in [0.5, 0.6) is 0 Å². The highest BCUT2D eigenvalue weighted by Gasteiger charge is 2.21. The highest BCUT2D eigenvalue weighted by Crippen LogP contribution is 2.35. The Balaban J connectivity index is 1.94. The van der Waals surface area contributed by atoms with Crippen LogP contribution >= 0.6 is 23.1 Å². The number of thioether (sulfide) groups is 1. The number of aryl methyl sites for hydroxylation is 3. The van der Waals surface area contributed by atoms with Crippen LogP contribution in [-0.2, 0) is 17.7 Å². The van der Waals surface area contributed by atoms with Crippen LogP contribution in [0.25, 0.3) is 10.2 Å². The molecule has 28 heavy (non-hydrogen) atoms. The molecule has 0 aliphatic carbocycles. The Kier molecular flexibility index (Phi) is 6.90. The quantitative estimate of drug-likeness (QED) is 0.375. The molecule has 0 spiro atoms. The van der Waals surface area contributed by atoms with Gasteiger partial charge in [-0.3, -0.25) is 9.36 Å². The van der Waals surface area contributed by atoms with Gasteiger partial charge in [-0.15, -0.1) is 11.3 Å². The van der Waals surface area contributed by atoms with Crippen molar-refractivity contribution in [3.63, 3.8) is 0 Å². The number of hydrogen-bond donors (Lipinski definition) is 0. The Morgan fingerprint density at radius 3 is 2.82 bits per heavy atom. The van der Waals surface area contributed by atoms with E-state index in [0.29, 0.717) is 29.6 Å². The van der Waals surface area contributed by atoms with Gasteiger partial charge in [-0.25, -0.2) is 4.98 Å². The summed E-state index contributed by atoms with van der Waals surface area (Å²) in [4.78, 5) is 24.3. The van der Waals surface area contributed by atoms with Crippen molar-refractivity contribution in [2.24, 2.45) is 0 Å². The van der Waals surface area contributed by atoms with E-state index in [1.165, 1.54) is 11.8 Å². The molecule has 3 aromatic heterocycles. The Bertz CT molecular complexity index is 1010. The van der Waals surface area contributed by atoms with Crippen LogP contribution in [0.3, 0.4) is 0 Å². The van der Waals surface area contributed by atoms with E-state index in [9.17, 15) is 4.79 Å². The lowest BCUT2D eigenvalue weighted by Crippen LogP contribution is -2.25. The van der Waals surface area contributed by atoms with Crippen LogP contribution in [0.4, 0.5) is 0 Å². The maximum atomic E-state index is 13.1. The van der Waals surface area contributed by atoms with Crippen molar-refractivity contribution < 1.29 is 9.26 Å². The molecular formula is C19H26N4O3S2. The van der Waals surface area contributed by atoms with Gasteiger partial charge in [-0.1, -0.05) is 30.3 Å². The first-order chi connectivity index (χ1) is 13.5. The third kappa shape index (κ3) is 4.31. The molecule has 0 bridgehead atoms. The van der Waals surface area contributed by atoms with Crippen LogP contribution in [0.1, 0.15) is 54.1 Å². The van der Waals surface area contributed by atoms with Gasteiger partial charge >= 0.3 is 0 Å². The molecule has 3 heterocycles. The fraction of sp³-hybridized carbons (Fsp3) is 0.579. The number of hydrogen-bond acceptors (Lipinski definition) is 8. The van der Waals surface area contributed by atoms with E-state index in [1.807, 2.05) is 20.8 Å². The molecule has 1 atom stereocenters. The van der Waals surface area contributed by atoms with Crippen LogP contribution in [0.15, 0.2) is 14.5 Å². The number of unbranched alkanes of at least 4 members (excludes halogenated alkanes) is 1. The lowest BCUT2D eigenvalue weighted by atomic mass is 10.2. The first-order valence-corrected chi connectivity index (χ1v) is 11.1. The Morgan fingerprint density at radius 2 is 2.11 bits per heavy atom. The second-order valence-electron chi connectivity index (χ2n) is 6.72. The minimum Gasteiger partial charge on any atom is -0.383 e. The molecule has 0 aromatic carbocycles. The highest BCUT2D eigenvalue weighted by atomic mass is 32.2. The molecule has 0 N–H and O–H groups in total. The maximum absolute atomic E-state index is 13.1. The molecule has 0 saturated carbocycles. The van der Waals surface area contributed by atoms with Gasteiger partial charge in [-0.2, -0.15) is 4.98 Å². The summed E-state index contributed by atoms with van der Waals surface area (Å²) in [6.07, 6.45) is 2.93. The normalized spacial score (nSPS) is 12.8. The van der Waals surface area contributed by atoms with E-state index in [2.05, 4.69) is 17.1 Å². The van der Waals surface area contributed by atoms with Crippen molar-refractivity contribution in [1.29, 1.82) is 0 Å². The van der Waals surface area contributed by atoms with E-state index in [1.54, 1.807) is 23.0 Å². The van der Waals surface area contributed by atoms with Crippen molar-refractivity contribution in [3.05, 3.63) is 32.5 Å². The smallest absolute Gasteiger partial charge is 0.263 e. The number of aromatic nitrogens is 4. The van der Waals surface area contributed by atoms with Crippen molar-refractivity contribution in [3.8, 4) is 0 Å². The fourth-order valence-electron chi connectivity index (χ4n) is 2.86. The zero-order chi connectivity index (χ0) is 20.3. The third-order valence-electron chi connectivity index (χ3n) is 4.64. The van der Waals surface area contributed by atoms with E-state index < -0.39 is 0 Å². The first-order valence-electron chi connectivity index (χ1n) is 9.44. The van der Waals surface area contributed by atoms with Gasteiger partial charge in [0.25, 0.3) is 5.56 Å². The van der Waals surface area contributed by atoms with E-state index in [4.69, 9.17) is 14.2 Å². The lowest BCUT2D eigenvalue weighted by Gasteiger charge is -2.13. The average Bonchev–Trinajstić information content (AvgIpc) is 3.25. The Morgan fingerprint density at radius 1 is 1.32 bits per heavy atom. The van der Waals surface area contributed by atoms with Crippen LogP contribution in [0, 0.1) is 13.8 Å². The van der Waals surface area contributed by atoms with Crippen LogP contribution < -0.4 is 5.56 Å². The van der Waals surface area contributed by atoms with Crippen molar-refractivity contribution in [2.45, 2.75) is 63.9 Å². The summed E-state index contributed by atoms with van der Waals surface area (Å²) in [5, 5.41) is 5.31. The van der Waals surface area contributed by atoms with Crippen molar-refractivity contribution in [2.75, 3.05) is 13.7 Å². The summed E-state index contributed by atoms with van der Waals surface area (Å²) in [7, 11) is 1.63. The van der Waals surface area contributed by atoms with Gasteiger partial charge in [0.1, 0.15) is 4.83 Å². The zero-order valence-corrected chi connectivity index (χ0v) is 18.6. The molecule has 3 rings (SSSR count). The average molecular weight is 423 g/mol. The van der Waals surface area contributed by atoms with Crippen LogP contribution in [-0.4, -0.2) is 33.4 Å². The van der Waals surface area contributed by atoms with Crippen molar-refractivity contribution >= 4 is 33.3 Å². The van der Waals surface area contributed by atoms with E-state index in [0.717, 1.165) is 40.4 Å². The zero-order valence-electron chi connectivity index (χ0n) is 16.9. The summed E-state index contributed by atoms with van der Waals surface area (Å²) in [6.45, 7) is 9.01. The summed E-state index contributed by atoms with van der Waals surface area (Å²) in [6, 6.07) is 0. The molecule has 0 aliphatic heterocycles. The van der Waals surface area contributed by atoms with Gasteiger partial charge in [0.2, 0.25) is 5.89 Å². The van der Waals surface area contributed by atoms with E-state index in [-0.39, 0.29) is 10.8 Å². The number of methoxy groups -OCH3 is 1. The number of nitrogens with zero attached hydrogens (tertiary/aromatic N) is 4. The molecule has 0 unspecified atom stereocenters. The molecule has 152 valence electrons. The fourth-order valence-corrected chi connectivity index (χ4v) is 4.89. The first kappa shape index (κ1) is 21.0. The lowest BCUT2D eigenvalue weighted by molar-refractivity contribution is 0.183. The van der Waals surface area contributed by atoms with E-state index >= 15 is 0 Å². The summed E-state index contributed by atoms with van der Waals surface area (Å²) in [5.41, 5.74) is 0.985. The second kappa shape index (κ2) is 9.19. The molecule has 0 amide bonds. The van der Waals surface area contributed by atoms with Gasteiger partial charge < -0.3 is 9.26 Å². The standard InChI is InChI=1S/C19H26N4O3S2/c1-6-7-8-14-20-16(26-22-14)13(4)28-19-21-17-15(11(2)12(3)27-17)18(24)23(19)9-10-25-5/h13H,6-10H2,1-5H3/t13-/m1/s1.